The topological polar surface area (TPSA) is 51.2 Å². The summed E-state index contributed by atoms with van der Waals surface area (Å²) in [5.74, 6) is 0.566. The van der Waals surface area contributed by atoms with Gasteiger partial charge in [-0.3, -0.25) is 4.68 Å². The van der Waals surface area contributed by atoms with Crippen molar-refractivity contribution < 1.29 is 9.52 Å². The SMILES string of the molecule is CCc1cc(C(O)c2cc3cccc(C)c3o2)n(CC)n1. The highest BCUT2D eigenvalue weighted by Crippen LogP contribution is 2.30. The number of hydrogen-bond donors (Lipinski definition) is 1. The minimum atomic E-state index is -0.787. The van der Waals surface area contributed by atoms with Gasteiger partial charge in [0, 0.05) is 11.9 Å². The molecule has 2 aromatic heterocycles. The number of fused-ring (bicyclic) bond motifs is 1. The summed E-state index contributed by atoms with van der Waals surface area (Å²) in [5.41, 5.74) is 3.68. The fourth-order valence-corrected chi connectivity index (χ4v) is 2.64. The van der Waals surface area contributed by atoms with Gasteiger partial charge in [0.1, 0.15) is 11.3 Å². The monoisotopic (exact) mass is 284 g/mol. The number of nitrogens with zero attached hydrogens (tertiary/aromatic N) is 2. The van der Waals surface area contributed by atoms with Gasteiger partial charge in [0.15, 0.2) is 6.10 Å². The van der Waals surface area contributed by atoms with Crippen molar-refractivity contribution in [2.75, 3.05) is 0 Å². The summed E-state index contributed by atoms with van der Waals surface area (Å²) in [4.78, 5) is 0. The molecule has 0 radical (unpaired) electrons. The lowest BCUT2D eigenvalue weighted by molar-refractivity contribution is 0.181. The number of para-hydroxylation sites is 1. The average molecular weight is 284 g/mol. The maximum atomic E-state index is 10.7. The second-order valence-electron chi connectivity index (χ2n) is 5.27. The number of rotatable bonds is 4. The summed E-state index contributed by atoms with van der Waals surface area (Å²) >= 11 is 0. The molecule has 0 aliphatic heterocycles. The van der Waals surface area contributed by atoms with E-state index in [9.17, 15) is 5.11 Å². The lowest BCUT2D eigenvalue weighted by Gasteiger charge is -2.09. The molecule has 21 heavy (non-hydrogen) atoms. The van der Waals surface area contributed by atoms with E-state index < -0.39 is 6.10 Å². The molecule has 0 aliphatic carbocycles. The van der Waals surface area contributed by atoms with Crippen LogP contribution in [0.3, 0.4) is 0 Å². The highest BCUT2D eigenvalue weighted by Gasteiger charge is 2.21. The molecule has 4 heteroatoms. The van der Waals surface area contributed by atoms with Gasteiger partial charge in [-0.25, -0.2) is 0 Å². The van der Waals surface area contributed by atoms with Crippen LogP contribution in [0.15, 0.2) is 34.7 Å². The molecule has 0 amide bonds. The molecular weight excluding hydrogens is 264 g/mol. The van der Waals surface area contributed by atoms with Gasteiger partial charge < -0.3 is 9.52 Å². The van der Waals surface area contributed by atoms with Crippen LogP contribution >= 0.6 is 0 Å². The summed E-state index contributed by atoms with van der Waals surface area (Å²) in [6.45, 7) is 6.81. The van der Waals surface area contributed by atoms with Crippen LogP contribution in [-0.4, -0.2) is 14.9 Å². The zero-order chi connectivity index (χ0) is 15.0. The van der Waals surface area contributed by atoms with Crippen LogP contribution < -0.4 is 0 Å². The molecule has 110 valence electrons. The van der Waals surface area contributed by atoms with Crippen LogP contribution in [0.2, 0.25) is 0 Å². The minimum Gasteiger partial charge on any atom is -0.458 e. The van der Waals surface area contributed by atoms with Crippen molar-refractivity contribution in [1.82, 2.24) is 9.78 Å². The zero-order valence-corrected chi connectivity index (χ0v) is 12.6. The predicted octanol–water partition coefficient (Wildman–Crippen LogP) is 3.60. The van der Waals surface area contributed by atoms with E-state index >= 15 is 0 Å². The average Bonchev–Trinajstić information content (AvgIpc) is 3.11. The van der Waals surface area contributed by atoms with E-state index in [-0.39, 0.29) is 0 Å². The van der Waals surface area contributed by atoms with E-state index in [1.807, 2.05) is 48.9 Å². The smallest absolute Gasteiger partial charge is 0.153 e. The molecule has 0 aliphatic rings. The van der Waals surface area contributed by atoms with Gasteiger partial charge in [0.05, 0.1) is 11.4 Å². The van der Waals surface area contributed by atoms with E-state index in [2.05, 4.69) is 12.0 Å². The Hall–Kier alpha value is -2.07. The number of aliphatic hydroxyl groups is 1. The van der Waals surface area contributed by atoms with Gasteiger partial charge >= 0.3 is 0 Å². The summed E-state index contributed by atoms with van der Waals surface area (Å²) in [5, 5.41) is 16.1. The third-order valence-electron chi connectivity index (χ3n) is 3.83. The Morgan fingerprint density at radius 1 is 1.29 bits per heavy atom. The lowest BCUT2D eigenvalue weighted by atomic mass is 10.1. The molecule has 0 fully saturated rings. The van der Waals surface area contributed by atoms with E-state index in [0.717, 1.165) is 40.9 Å². The lowest BCUT2D eigenvalue weighted by Crippen LogP contribution is -2.08. The Bertz CT molecular complexity index is 770. The standard InChI is InChI=1S/C17H20N2O2/c1-4-13-10-14(19(5-2)18-13)16(20)15-9-12-8-6-7-11(3)17(12)21-15/h6-10,16,20H,4-5H2,1-3H3. The number of hydrogen-bond acceptors (Lipinski definition) is 3. The third kappa shape index (κ3) is 2.36. The van der Waals surface area contributed by atoms with Crippen LogP contribution in [0.4, 0.5) is 0 Å². The van der Waals surface area contributed by atoms with Crippen molar-refractivity contribution >= 4 is 11.0 Å². The zero-order valence-electron chi connectivity index (χ0n) is 12.6. The van der Waals surface area contributed by atoms with Crippen molar-refractivity contribution in [2.24, 2.45) is 0 Å². The van der Waals surface area contributed by atoms with Gasteiger partial charge in [-0.15, -0.1) is 0 Å². The van der Waals surface area contributed by atoms with E-state index in [1.165, 1.54) is 0 Å². The maximum absolute atomic E-state index is 10.7. The van der Waals surface area contributed by atoms with E-state index in [1.54, 1.807) is 0 Å². The first-order valence-corrected chi connectivity index (χ1v) is 7.37. The Morgan fingerprint density at radius 3 is 2.76 bits per heavy atom. The molecule has 1 N–H and O–H groups in total. The number of furan rings is 1. The quantitative estimate of drug-likeness (QED) is 0.796. The number of aliphatic hydroxyl groups excluding tert-OH is 1. The van der Waals surface area contributed by atoms with Crippen molar-refractivity contribution in [2.45, 2.75) is 39.8 Å². The number of benzene rings is 1. The van der Waals surface area contributed by atoms with Crippen LogP contribution in [0.25, 0.3) is 11.0 Å². The van der Waals surface area contributed by atoms with Gasteiger partial charge in [0.2, 0.25) is 0 Å². The number of aromatic nitrogens is 2. The normalized spacial score (nSPS) is 13.0. The van der Waals surface area contributed by atoms with E-state index in [4.69, 9.17) is 4.42 Å². The van der Waals surface area contributed by atoms with Crippen molar-refractivity contribution in [3.05, 3.63) is 53.0 Å². The second kappa shape index (κ2) is 5.37. The maximum Gasteiger partial charge on any atom is 0.153 e. The predicted molar refractivity (Wildman–Crippen MR) is 82.3 cm³/mol. The molecule has 1 unspecified atom stereocenters. The first kappa shape index (κ1) is 13.9. The highest BCUT2D eigenvalue weighted by molar-refractivity contribution is 5.81. The first-order chi connectivity index (χ1) is 10.1. The molecule has 0 saturated carbocycles. The van der Waals surface area contributed by atoms with Gasteiger partial charge in [-0.05, 0) is 38.0 Å². The number of aryl methyl sites for hydroxylation is 3. The van der Waals surface area contributed by atoms with Crippen LogP contribution in [0.1, 0.15) is 42.7 Å². The van der Waals surface area contributed by atoms with Gasteiger partial charge in [-0.1, -0.05) is 25.1 Å². The molecule has 1 aromatic carbocycles. The molecule has 4 nitrogen and oxygen atoms in total. The Labute approximate surface area is 124 Å². The first-order valence-electron chi connectivity index (χ1n) is 7.37. The molecule has 2 heterocycles. The summed E-state index contributed by atoms with van der Waals surface area (Å²) < 4.78 is 7.70. The minimum absolute atomic E-state index is 0.566. The van der Waals surface area contributed by atoms with Crippen molar-refractivity contribution in [3.63, 3.8) is 0 Å². The molecular formula is C17H20N2O2. The third-order valence-corrected chi connectivity index (χ3v) is 3.83. The molecule has 0 spiro atoms. The summed E-state index contributed by atoms with van der Waals surface area (Å²) in [6.07, 6.45) is 0.0657. The summed E-state index contributed by atoms with van der Waals surface area (Å²) in [7, 11) is 0. The summed E-state index contributed by atoms with van der Waals surface area (Å²) in [6, 6.07) is 9.86. The van der Waals surface area contributed by atoms with Crippen molar-refractivity contribution in [3.8, 4) is 0 Å². The Kier molecular flexibility index (Phi) is 3.55. The highest BCUT2D eigenvalue weighted by atomic mass is 16.4. The molecule has 0 saturated heterocycles. The Balaban J connectivity index is 2.05. The molecule has 0 bridgehead atoms. The largest absolute Gasteiger partial charge is 0.458 e. The van der Waals surface area contributed by atoms with Gasteiger partial charge in [0.25, 0.3) is 0 Å². The fraction of sp³-hybridized carbons (Fsp3) is 0.353. The van der Waals surface area contributed by atoms with Crippen molar-refractivity contribution in [1.29, 1.82) is 0 Å². The van der Waals surface area contributed by atoms with Crippen LogP contribution in [-0.2, 0) is 13.0 Å². The second-order valence-corrected chi connectivity index (χ2v) is 5.27. The fourth-order valence-electron chi connectivity index (χ4n) is 2.64. The molecule has 1 atom stereocenters. The molecule has 3 aromatic rings. The molecule has 3 rings (SSSR count). The van der Waals surface area contributed by atoms with E-state index in [0.29, 0.717) is 5.76 Å². The van der Waals surface area contributed by atoms with Gasteiger partial charge in [-0.2, -0.15) is 5.10 Å². The van der Waals surface area contributed by atoms with Crippen LogP contribution in [0, 0.1) is 6.92 Å². The van der Waals surface area contributed by atoms with Crippen LogP contribution in [0.5, 0.6) is 0 Å². The Morgan fingerprint density at radius 2 is 2.10 bits per heavy atom.